The smallest absolute Gasteiger partial charge is 0.252 e. The molecule has 0 aliphatic rings. The van der Waals surface area contributed by atoms with Gasteiger partial charge in [0.15, 0.2) is 0 Å². The fourth-order valence-electron chi connectivity index (χ4n) is 1.36. The molecule has 2 N–H and O–H groups in total. The number of halogens is 2. The predicted octanol–water partition coefficient (Wildman–Crippen LogP) is 2.83. The van der Waals surface area contributed by atoms with Gasteiger partial charge in [0, 0.05) is 16.0 Å². The number of benzene rings is 1. The van der Waals surface area contributed by atoms with Crippen LogP contribution in [0.2, 0.25) is 5.02 Å². The van der Waals surface area contributed by atoms with Crippen molar-refractivity contribution < 1.29 is 4.79 Å². The SMILES string of the molecule is CCNCCCNC(=O)c1cc(Cl)ccc1Br. The van der Waals surface area contributed by atoms with Gasteiger partial charge in [-0.3, -0.25) is 4.79 Å². The summed E-state index contributed by atoms with van der Waals surface area (Å²) >= 11 is 9.19. The lowest BCUT2D eigenvalue weighted by atomic mass is 10.2. The van der Waals surface area contributed by atoms with E-state index in [9.17, 15) is 4.79 Å². The lowest BCUT2D eigenvalue weighted by molar-refractivity contribution is 0.0952. The highest BCUT2D eigenvalue weighted by Crippen LogP contribution is 2.20. The molecule has 0 spiro atoms. The molecule has 0 aliphatic heterocycles. The fraction of sp³-hybridized carbons (Fsp3) is 0.417. The molecule has 0 heterocycles. The number of amides is 1. The average Bonchev–Trinajstić information content (AvgIpc) is 2.32. The van der Waals surface area contributed by atoms with E-state index in [4.69, 9.17) is 11.6 Å². The number of rotatable bonds is 6. The van der Waals surface area contributed by atoms with Gasteiger partial charge < -0.3 is 10.6 Å². The van der Waals surface area contributed by atoms with Gasteiger partial charge >= 0.3 is 0 Å². The fourth-order valence-corrected chi connectivity index (χ4v) is 1.96. The summed E-state index contributed by atoms with van der Waals surface area (Å²) in [6.45, 7) is 4.58. The third-order valence-corrected chi connectivity index (χ3v) is 3.17. The first-order valence-corrected chi connectivity index (χ1v) is 6.76. The molecule has 3 nitrogen and oxygen atoms in total. The maximum absolute atomic E-state index is 11.8. The van der Waals surface area contributed by atoms with Gasteiger partial charge in [-0.05, 0) is 53.6 Å². The van der Waals surface area contributed by atoms with Crippen LogP contribution >= 0.6 is 27.5 Å². The van der Waals surface area contributed by atoms with Crippen molar-refractivity contribution in [2.24, 2.45) is 0 Å². The van der Waals surface area contributed by atoms with Crippen LogP contribution in [0.4, 0.5) is 0 Å². The van der Waals surface area contributed by atoms with Crippen molar-refractivity contribution in [2.45, 2.75) is 13.3 Å². The van der Waals surface area contributed by atoms with E-state index in [1.807, 2.05) is 0 Å². The molecule has 17 heavy (non-hydrogen) atoms. The number of nitrogens with one attached hydrogen (secondary N) is 2. The second-order valence-electron chi connectivity index (χ2n) is 3.59. The van der Waals surface area contributed by atoms with Crippen LogP contribution in [0.1, 0.15) is 23.7 Å². The Labute approximate surface area is 115 Å². The molecule has 5 heteroatoms. The summed E-state index contributed by atoms with van der Waals surface area (Å²) in [6.07, 6.45) is 0.914. The normalized spacial score (nSPS) is 10.3. The Kier molecular flexibility index (Phi) is 6.55. The van der Waals surface area contributed by atoms with Gasteiger partial charge in [0.05, 0.1) is 5.56 Å². The highest BCUT2D eigenvalue weighted by atomic mass is 79.9. The molecular formula is C12H16BrClN2O. The van der Waals surface area contributed by atoms with Crippen LogP contribution in [0, 0.1) is 0 Å². The van der Waals surface area contributed by atoms with Crippen molar-refractivity contribution in [3.63, 3.8) is 0 Å². The van der Waals surface area contributed by atoms with E-state index in [1.54, 1.807) is 18.2 Å². The van der Waals surface area contributed by atoms with Crippen LogP contribution in [-0.2, 0) is 0 Å². The van der Waals surface area contributed by atoms with Gasteiger partial charge in [-0.1, -0.05) is 18.5 Å². The molecule has 0 unspecified atom stereocenters. The van der Waals surface area contributed by atoms with Crippen LogP contribution in [-0.4, -0.2) is 25.5 Å². The quantitative estimate of drug-likeness (QED) is 0.792. The lowest BCUT2D eigenvalue weighted by Gasteiger charge is -2.07. The molecular weight excluding hydrogens is 304 g/mol. The maximum atomic E-state index is 11.8. The van der Waals surface area contributed by atoms with Crippen molar-refractivity contribution in [3.05, 3.63) is 33.3 Å². The van der Waals surface area contributed by atoms with Crippen molar-refractivity contribution in [1.82, 2.24) is 10.6 Å². The molecule has 0 saturated carbocycles. The van der Waals surface area contributed by atoms with Crippen LogP contribution < -0.4 is 10.6 Å². The summed E-state index contributed by atoms with van der Waals surface area (Å²) < 4.78 is 0.756. The highest BCUT2D eigenvalue weighted by molar-refractivity contribution is 9.10. The summed E-state index contributed by atoms with van der Waals surface area (Å²) in [4.78, 5) is 11.8. The predicted molar refractivity (Wildman–Crippen MR) is 74.6 cm³/mol. The van der Waals surface area contributed by atoms with Crippen molar-refractivity contribution in [2.75, 3.05) is 19.6 Å². The Balaban J connectivity index is 2.44. The molecule has 1 amide bonds. The Morgan fingerprint density at radius 1 is 1.41 bits per heavy atom. The molecule has 1 aromatic carbocycles. The Bertz CT molecular complexity index is 385. The Morgan fingerprint density at radius 3 is 2.88 bits per heavy atom. The van der Waals surface area contributed by atoms with E-state index in [0.29, 0.717) is 17.1 Å². The van der Waals surface area contributed by atoms with E-state index < -0.39 is 0 Å². The van der Waals surface area contributed by atoms with Crippen LogP contribution in [0.15, 0.2) is 22.7 Å². The van der Waals surface area contributed by atoms with Gasteiger partial charge in [-0.15, -0.1) is 0 Å². The third-order valence-electron chi connectivity index (χ3n) is 2.24. The number of carbonyl (C=O) groups is 1. The lowest BCUT2D eigenvalue weighted by Crippen LogP contribution is -2.27. The molecule has 0 aliphatic carbocycles. The summed E-state index contributed by atoms with van der Waals surface area (Å²) in [6, 6.07) is 5.18. The highest BCUT2D eigenvalue weighted by Gasteiger charge is 2.09. The van der Waals surface area contributed by atoms with Gasteiger partial charge in [-0.2, -0.15) is 0 Å². The standard InChI is InChI=1S/C12H16BrClN2O/c1-2-15-6-3-7-16-12(17)10-8-9(14)4-5-11(10)13/h4-5,8,15H,2-3,6-7H2,1H3,(H,16,17). The molecule has 0 radical (unpaired) electrons. The largest absolute Gasteiger partial charge is 0.352 e. The van der Waals surface area contributed by atoms with Gasteiger partial charge in [0.1, 0.15) is 0 Å². The van der Waals surface area contributed by atoms with Crippen molar-refractivity contribution in [3.8, 4) is 0 Å². The topological polar surface area (TPSA) is 41.1 Å². The summed E-state index contributed by atoms with van der Waals surface area (Å²) in [5.74, 6) is -0.101. The van der Waals surface area contributed by atoms with E-state index in [2.05, 4.69) is 33.5 Å². The van der Waals surface area contributed by atoms with Gasteiger partial charge in [0.2, 0.25) is 0 Å². The zero-order valence-electron chi connectivity index (χ0n) is 9.72. The number of carbonyl (C=O) groups excluding carboxylic acids is 1. The summed E-state index contributed by atoms with van der Waals surface area (Å²) in [7, 11) is 0. The molecule has 0 aromatic heterocycles. The molecule has 0 saturated heterocycles. The first kappa shape index (κ1) is 14.5. The maximum Gasteiger partial charge on any atom is 0.252 e. The Morgan fingerprint density at radius 2 is 2.18 bits per heavy atom. The number of hydrogen-bond donors (Lipinski definition) is 2. The average molecular weight is 320 g/mol. The molecule has 1 rings (SSSR count). The first-order valence-electron chi connectivity index (χ1n) is 5.59. The molecule has 1 aromatic rings. The van der Waals surface area contributed by atoms with Crippen LogP contribution in [0.3, 0.4) is 0 Å². The second-order valence-corrected chi connectivity index (χ2v) is 4.88. The van der Waals surface area contributed by atoms with Crippen molar-refractivity contribution in [1.29, 1.82) is 0 Å². The van der Waals surface area contributed by atoms with E-state index in [1.165, 1.54) is 0 Å². The zero-order valence-corrected chi connectivity index (χ0v) is 12.1. The number of hydrogen-bond acceptors (Lipinski definition) is 2. The zero-order chi connectivity index (χ0) is 12.7. The minimum Gasteiger partial charge on any atom is -0.352 e. The van der Waals surface area contributed by atoms with E-state index >= 15 is 0 Å². The minimum absolute atomic E-state index is 0.101. The van der Waals surface area contributed by atoms with Gasteiger partial charge in [-0.25, -0.2) is 0 Å². The molecule has 0 atom stereocenters. The summed E-state index contributed by atoms with van der Waals surface area (Å²) in [5, 5.41) is 6.62. The van der Waals surface area contributed by atoms with Crippen molar-refractivity contribution >= 4 is 33.4 Å². The van der Waals surface area contributed by atoms with Crippen LogP contribution in [0.5, 0.6) is 0 Å². The molecule has 0 fully saturated rings. The first-order chi connectivity index (χ1) is 8.15. The molecule has 0 bridgehead atoms. The van der Waals surface area contributed by atoms with Gasteiger partial charge in [0.25, 0.3) is 5.91 Å². The third kappa shape index (κ3) is 5.06. The monoisotopic (exact) mass is 318 g/mol. The molecule has 94 valence electrons. The van der Waals surface area contributed by atoms with E-state index in [-0.39, 0.29) is 5.91 Å². The minimum atomic E-state index is -0.101. The van der Waals surface area contributed by atoms with Crippen LogP contribution in [0.25, 0.3) is 0 Å². The second kappa shape index (κ2) is 7.69. The summed E-state index contributed by atoms with van der Waals surface area (Å²) in [5.41, 5.74) is 0.570. The Hall–Kier alpha value is -0.580. The van der Waals surface area contributed by atoms with E-state index in [0.717, 1.165) is 24.0 Å².